The lowest BCUT2D eigenvalue weighted by Crippen LogP contribution is -2.06. The van der Waals surface area contributed by atoms with E-state index in [0.717, 1.165) is 70.7 Å². The van der Waals surface area contributed by atoms with Crippen molar-refractivity contribution in [1.29, 1.82) is 0 Å². The Bertz CT molecular complexity index is 1780. The number of nitro benzene ring substituents is 1. The van der Waals surface area contributed by atoms with Crippen LogP contribution in [0.25, 0.3) is 33.7 Å². The number of nitrogens with one attached hydrogen (secondary N) is 2. The fourth-order valence-electron chi connectivity index (χ4n) is 5.60. The summed E-state index contributed by atoms with van der Waals surface area (Å²) in [6.07, 6.45) is 7.91. The SMILES string of the molecule is COc1[nH]ncc1NCc1c(-c2nc(-c3cc4cn(C)nc4nc3C3CC3)n(C)c2C2CC2)cccc1[N+](=O)[O-]. The molecule has 5 aromatic rings. The molecule has 7 rings (SSSR count). The van der Waals surface area contributed by atoms with Crippen LogP contribution in [0.3, 0.4) is 0 Å². The van der Waals surface area contributed by atoms with Crippen LogP contribution in [0.5, 0.6) is 5.88 Å². The number of pyridine rings is 1. The van der Waals surface area contributed by atoms with Gasteiger partial charge in [0.2, 0.25) is 5.88 Å². The fraction of sp³-hybridized carbons (Fsp3) is 0.357. The molecule has 2 fully saturated rings. The van der Waals surface area contributed by atoms with Gasteiger partial charge in [0.15, 0.2) is 5.65 Å². The first-order valence-corrected chi connectivity index (χ1v) is 13.4. The Balaban J connectivity index is 1.39. The Morgan fingerprint density at radius 3 is 2.67 bits per heavy atom. The van der Waals surface area contributed by atoms with Crippen molar-refractivity contribution in [3.63, 3.8) is 0 Å². The number of nitro groups is 1. The Kier molecular flexibility index (Phi) is 5.58. The van der Waals surface area contributed by atoms with Crippen LogP contribution in [0.15, 0.2) is 36.7 Å². The Morgan fingerprint density at radius 2 is 1.95 bits per heavy atom. The predicted molar refractivity (Wildman–Crippen MR) is 149 cm³/mol. The molecule has 2 saturated carbocycles. The molecule has 2 aliphatic rings. The molecule has 12 heteroatoms. The molecule has 12 nitrogen and oxygen atoms in total. The summed E-state index contributed by atoms with van der Waals surface area (Å²) in [5.41, 5.74) is 6.64. The highest BCUT2D eigenvalue weighted by Gasteiger charge is 2.36. The number of ether oxygens (including phenoxy) is 1. The molecule has 0 radical (unpaired) electrons. The lowest BCUT2D eigenvalue weighted by Gasteiger charge is -2.12. The van der Waals surface area contributed by atoms with Crippen molar-refractivity contribution >= 4 is 22.4 Å². The maximum atomic E-state index is 12.2. The first-order chi connectivity index (χ1) is 19.4. The molecule has 204 valence electrons. The summed E-state index contributed by atoms with van der Waals surface area (Å²) in [6, 6.07) is 7.35. The Hall–Kier alpha value is -4.74. The maximum Gasteiger partial charge on any atom is 0.275 e. The number of nitrogens with zero attached hydrogens (tertiary/aromatic N) is 7. The number of aryl methyl sites for hydroxylation is 1. The van der Waals surface area contributed by atoms with Crippen LogP contribution >= 0.6 is 0 Å². The first-order valence-electron chi connectivity index (χ1n) is 13.4. The molecule has 4 heterocycles. The number of aromatic amines is 1. The number of benzene rings is 1. The third kappa shape index (κ3) is 4.07. The summed E-state index contributed by atoms with van der Waals surface area (Å²) in [7, 11) is 5.49. The quantitative estimate of drug-likeness (QED) is 0.196. The maximum absolute atomic E-state index is 12.2. The van der Waals surface area contributed by atoms with Crippen LogP contribution in [-0.4, -0.2) is 46.5 Å². The number of imidazole rings is 1. The number of aromatic nitrogens is 7. The van der Waals surface area contributed by atoms with Gasteiger partial charge in [-0.25, -0.2) is 15.1 Å². The van der Waals surface area contributed by atoms with Gasteiger partial charge in [0.05, 0.1) is 35.2 Å². The van der Waals surface area contributed by atoms with Crippen molar-refractivity contribution in [3.8, 4) is 28.5 Å². The van der Waals surface area contributed by atoms with Gasteiger partial charge in [-0.1, -0.05) is 12.1 Å². The van der Waals surface area contributed by atoms with Crippen molar-refractivity contribution in [2.75, 3.05) is 12.4 Å². The second kappa shape index (κ2) is 9.18. The molecule has 0 saturated heterocycles. The minimum absolute atomic E-state index is 0.0403. The molecule has 0 amide bonds. The third-order valence-corrected chi connectivity index (χ3v) is 7.81. The van der Waals surface area contributed by atoms with Gasteiger partial charge in [-0.3, -0.25) is 14.8 Å². The van der Waals surface area contributed by atoms with Crippen molar-refractivity contribution in [2.45, 2.75) is 44.1 Å². The number of H-pyrrole nitrogens is 1. The van der Waals surface area contributed by atoms with Gasteiger partial charge in [0, 0.05) is 66.9 Å². The average Bonchev–Trinajstić information content (AvgIpc) is 3.86. The second-order valence-electron chi connectivity index (χ2n) is 10.6. The van der Waals surface area contributed by atoms with Gasteiger partial charge in [-0.05, 0) is 31.7 Å². The predicted octanol–water partition coefficient (Wildman–Crippen LogP) is 5.04. The lowest BCUT2D eigenvalue weighted by molar-refractivity contribution is -0.385. The van der Waals surface area contributed by atoms with E-state index in [1.165, 1.54) is 0 Å². The fourth-order valence-corrected chi connectivity index (χ4v) is 5.60. The molecular weight excluding hydrogens is 510 g/mol. The summed E-state index contributed by atoms with van der Waals surface area (Å²) in [5.74, 6) is 2.05. The van der Waals surface area contributed by atoms with Crippen molar-refractivity contribution in [1.82, 2.24) is 34.5 Å². The summed E-state index contributed by atoms with van der Waals surface area (Å²) in [6.45, 7) is 0.203. The van der Waals surface area contributed by atoms with Crippen molar-refractivity contribution in [3.05, 3.63) is 63.7 Å². The van der Waals surface area contributed by atoms with E-state index < -0.39 is 0 Å². The normalized spacial score (nSPS) is 15.1. The molecule has 0 spiro atoms. The topological polar surface area (TPSA) is 142 Å². The van der Waals surface area contributed by atoms with E-state index >= 15 is 0 Å². The Labute approximate surface area is 229 Å². The summed E-state index contributed by atoms with van der Waals surface area (Å²) in [5, 5.41) is 27.7. The smallest absolute Gasteiger partial charge is 0.275 e. The highest BCUT2D eigenvalue weighted by molar-refractivity contribution is 5.83. The molecule has 0 bridgehead atoms. The molecular formula is C28H29N9O3. The van der Waals surface area contributed by atoms with E-state index in [9.17, 15) is 10.1 Å². The highest BCUT2D eigenvalue weighted by Crippen LogP contribution is 2.49. The number of hydrogen-bond donors (Lipinski definition) is 2. The van der Waals surface area contributed by atoms with Gasteiger partial charge >= 0.3 is 0 Å². The molecule has 2 aliphatic carbocycles. The van der Waals surface area contributed by atoms with Gasteiger partial charge in [-0.15, -0.1) is 0 Å². The number of rotatable bonds is 9. The molecule has 1 aromatic carbocycles. The molecule has 4 aromatic heterocycles. The number of anilines is 1. The third-order valence-electron chi connectivity index (χ3n) is 7.81. The minimum atomic E-state index is -0.334. The summed E-state index contributed by atoms with van der Waals surface area (Å²) >= 11 is 0. The van der Waals surface area contributed by atoms with Crippen LogP contribution in [0, 0.1) is 10.1 Å². The largest absolute Gasteiger partial charge is 0.480 e. The van der Waals surface area contributed by atoms with E-state index in [-0.39, 0.29) is 17.2 Å². The number of hydrogen-bond acceptors (Lipinski definition) is 8. The van der Waals surface area contributed by atoms with Crippen molar-refractivity contribution in [2.24, 2.45) is 14.1 Å². The molecule has 2 N–H and O–H groups in total. The summed E-state index contributed by atoms with van der Waals surface area (Å²) in [4.78, 5) is 22.0. The molecule has 0 atom stereocenters. The van der Waals surface area contributed by atoms with Crippen LogP contribution in [0.4, 0.5) is 11.4 Å². The lowest BCUT2D eigenvalue weighted by atomic mass is 9.99. The minimum Gasteiger partial charge on any atom is -0.480 e. The van der Waals surface area contributed by atoms with Crippen LogP contribution < -0.4 is 10.1 Å². The molecule has 40 heavy (non-hydrogen) atoms. The molecule has 0 aliphatic heterocycles. The van der Waals surface area contributed by atoms with E-state index in [1.807, 2.05) is 19.3 Å². The zero-order valence-corrected chi connectivity index (χ0v) is 22.5. The van der Waals surface area contributed by atoms with Gasteiger partial charge in [0.1, 0.15) is 11.5 Å². The average molecular weight is 540 g/mol. The zero-order valence-electron chi connectivity index (χ0n) is 22.5. The second-order valence-corrected chi connectivity index (χ2v) is 10.6. The van der Waals surface area contributed by atoms with E-state index in [0.29, 0.717) is 29.0 Å². The van der Waals surface area contributed by atoms with Crippen LogP contribution in [0.1, 0.15) is 54.5 Å². The van der Waals surface area contributed by atoms with Gasteiger partial charge in [0.25, 0.3) is 5.69 Å². The van der Waals surface area contributed by atoms with Gasteiger partial charge in [-0.2, -0.15) is 10.2 Å². The van der Waals surface area contributed by atoms with Crippen molar-refractivity contribution < 1.29 is 9.66 Å². The van der Waals surface area contributed by atoms with E-state index in [4.69, 9.17) is 14.7 Å². The van der Waals surface area contributed by atoms with E-state index in [1.54, 1.807) is 30.1 Å². The zero-order chi connectivity index (χ0) is 27.5. The monoisotopic (exact) mass is 539 g/mol. The van der Waals surface area contributed by atoms with E-state index in [2.05, 4.69) is 38.3 Å². The van der Waals surface area contributed by atoms with Crippen LogP contribution in [-0.2, 0) is 20.6 Å². The Morgan fingerprint density at radius 1 is 1.15 bits per heavy atom. The van der Waals surface area contributed by atoms with Crippen LogP contribution in [0.2, 0.25) is 0 Å². The standard InChI is InChI=1S/C28H29N9O3/c1-35-14-17-11-19(23(15-7-8-15)31-26(17)34-35)27-32-24(25(36(27)2)16-9-10-16)18-5-4-6-22(37(38)39)20(18)12-29-21-13-30-33-28(21)40-3/h4-6,11,13-16,29H,7-10,12H2,1-3H3,(H,30,33). The highest BCUT2D eigenvalue weighted by atomic mass is 16.6. The molecule has 0 unspecified atom stereocenters. The number of fused-ring (bicyclic) bond motifs is 1. The number of methoxy groups -OCH3 is 1. The first kappa shape index (κ1) is 24.3. The summed E-state index contributed by atoms with van der Waals surface area (Å²) < 4.78 is 9.28. The van der Waals surface area contributed by atoms with Gasteiger partial charge < -0.3 is 14.6 Å².